The van der Waals surface area contributed by atoms with Gasteiger partial charge < -0.3 is 4.90 Å². The number of hydrogen-bond acceptors (Lipinski definition) is 2. The molecule has 0 aliphatic rings. The Hall–Kier alpha value is -2.05. The molecule has 19 heavy (non-hydrogen) atoms. The summed E-state index contributed by atoms with van der Waals surface area (Å²) in [6.07, 6.45) is 0. The van der Waals surface area contributed by atoms with Gasteiger partial charge in [-0.15, -0.1) is 0 Å². The van der Waals surface area contributed by atoms with Gasteiger partial charge in [0.1, 0.15) is 5.82 Å². The summed E-state index contributed by atoms with van der Waals surface area (Å²) in [6.45, 7) is 0.545. The number of halogens is 2. The zero-order chi connectivity index (χ0) is 13.8. The molecule has 0 aliphatic heterocycles. The van der Waals surface area contributed by atoms with E-state index in [1.165, 1.54) is 6.07 Å². The van der Waals surface area contributed by atoms with Crippen LogP contribution in [0.4, 0.5) is 10.1 Å². The summed E-state index contributed by atoms with van der Waals surface area (Å²) in [5.41, 5.74) is 1.77. The van der Waals surface area contributed by atoms with E-state index in [4.69, 9.17) is 16.9 Å². The number of hydrogen-bond donors (Lipinski definition) is 0. The largest absolute Gasteiger partial charge is 0.368 e. The van der Waals surface area contributed by atoms with Crippen LogP contribution in [-0.4, -0.2) is 7.05 Å². The van der Waals surface area contributed by atoms with Gasteiger partial charge in [-0.2, -0.15) is 5.26 Å². The van der Waals surface area contributed by atoms with Crippen LogP contribution in [0.1, 0.15) is 11.1 Å². The third kappa shape index (κ3) is 3.24. The number of rotatable bonds is 3. The maximum absolute atomic E-state index is 13.9. The van der Waals surface area contributed by atoms with Gasteiger partial charge in [0.05, 0.1) is 17.3 Å². The van der Waals surface area contributed by atoms with E-state index in [1.807, 2.05) is 24.3 Å². The monoisotopic (exact) mass is 274 g/mol. The molecule has 0 unspecified atom stereocenters. The Bertz CT molecular complexity index is 634. The maximum Gasteiger partial charge on any atom is 0.147 e. The summed E-state index contributed by atoms with van der Waals surface area (Å²) < 4.78 is 13.9. The number of nitriles is 1. The Balaban J connectivity index is 2.21. The first-order valence-corrected chi connectivity index (χ1v) is 6.13. The van der Waals surface area contributed by atoms with Gasteiger partial charge in [-0.1, -0.05) is 23.7 Å². The van der Waals surface area contributed by atoms with Crippen molar-refractivity contribution in [3.63, 3.8) is 0 Å². The molecule has 0 spiro atoms. The number of nitrogens with zero attached hydrogens (tertiary/aromatic N) is 2. The minimum Gasteiger partial charge on any atom is -0.368 e. The molecule has 0 radical (unpaired) electrons. The molecule has 0 atom stereocenters. The lowest BCUT2D eigenvalue weighted by Gasteiger charge is -2.20. The van der Waals surface area contributed by atoms with Gasteiger partial charge in [0.25, 0.3) is 0 Å². The Morgan fingerprint density at radius 3 is 2.68 bits per heavy atom. The Labute approximate surface area is 116 Å². The van der Waals surface area contributed by atoms with E-state index >= 15 is 0 Å². The minimum atomic E-state index is -0.399. The van der Waals surface area contributed by atoms with Gasteiger partial charge in [-0.25, -0.2) is 4.39 Å². The molecule has 2 aromatic rings. The van der Waals surface area contributed by atoms with Gasteiger partial charge in [-0.3, -0.25) is 0 Å². The first-order valence-electron chi connectivity index (χ1n) is 5.75. The number of anilines is 1. The molecule has 0 aromatic heterocycles. The van der Waals surface area contributed by atoms with Crippen molar-refractivity contribution in [3.8, 4) is 6.07 Å². The van der Waals surface area contributed by atoms with Crippen LogP contribution in [0.15, 0.2) is 42.5 Å². The molecule has 0 N–H and O–H groups in total. The number of benzene rings is 2. The second kappa shape index (κ2) is 5.73. The van der Waals surface area contributed by atoms with Crippen molar-refractivity contribution in [1.82, 2.24) is 0 Å². The van der Waals surface area contributed by atoms with Crippen molar-refractivity contribution in [2.24, 2.45) is 0 Å². The molecule has 2 rings (SSSR count). The van der Waals surface area contributed by atoms with Gasteiger partial charge in [0.2, 0.25) is 0 Å². The van der Waals surface area contributed by atoms with Gasteiger partial charge in [0.15, 0.2) is 0 Å². The summed E-state index contributed by atoms with van der Waals surface area (Å²) in [4.78, 5) is 1.78. The maximum atomic E-state index is 13.9. The van der Waals surface area contributed by atoms with Crippen LogP contribution in [-0.2, 0) is 6.54 Å². The molecule has 2 aromatic carbocycles. The lowest BCUT2D eigenvalue weighted by atomic mass is 10.1. The van der Waals surface area contributed by atoms with E-state index in [1.54, 1.807) is 30.1 Å². The van der Waals surface area contributed by atoms with Crippen molar-refractivity contribution in [2.45, 2.75) is 6.54 Å². The van der Waals surface area contributed by atoms with E-state index in [0.29, 0.717) is 22.8 Å². The highest BCUT2D eigenvalue weighted by atomic mass is 35.5. The van der Waals surface area contributed by atoms with E-state index in [0.717, 1.165) is 5.56 Å². The SMILES string of the molecule is CN(Cc1cccc(Cl)c1)c1ccc(C#N)cc1F. The first-order chi connectivity index (χ1) is 9.10. The predicted molar refractivity (Wildman–Crippen MR) is 74.7 cm³/mol. The van der Waals surface area contributed by atoms with Crippen LogP contribution in [0.25, 0.3) is 0 Å². The smallest absolute Gasteiger partial charge is 0.147 e. The van der Waals surface area contributed by atoms with E-state index in [2.05, 4.69) is 0 Å². The van der Waals surface area contributed by atoms with Crippen molar-refractivity contribution >= 4 is 17.3 Å². The van der Waals surface area contributed by atoms with Crippen LogP contribution in [0.3, 0.4) is 0 Å². The van der Waals surface area contributed by atoms with Crippen LogP contribution >= 0.6 is 11.6 Å². The topological polar surface area (TPSA) is 27.0 Å². The molecule has 0 bridgehead atoms. The molecule has 2 nitrogen and oxygen atoms in total. The highest BCUT2D eigenvalue weighted by Crippen LogP contribution is 2.21. The fourth-order valence-corrected chi connectivity index (χ4v) is 2.09. The molecule has 0 fully saturated rings. The third-order valence-corrected chi connectivity index (χ3v) is 3.03. The standard InChI is InChI=1S/C15H12ClFN2/c1-19(10-12-3-2-4-13(16)7-12)15-6-5-11(9-18)8-14(15)17/h2-8H,10H2,1H3. The van der Waals surface area contributed by atoms with Gasteiger partial charge in [0, 0.05) is 18.6 Å². The highest BCUT2D eigenvalue weighted by molar-refractivity contribution is 6.30. The molecule has 0 saturated carbocycles. The molecular weight excluding hydrogens is 263 g/mol. The summed E-state index contributed by atoms with van der Waals surface area (Å²) in [5, 5.41) is 9.37. The minimum absolute atomic E-state index is 0.317. The molecule has 0 heterocycles. The summed E-state index contributed by atoms with van der Waals surface area (Å²) in [5.74, 6) is -0.399. The van der Waals surface area contributed by atoms with E-state index < -0.39 is 5.82 Å². The van der Waals surface area contributed by atoms with Crippen LogP contribution in [0, 0.1) is 17.1 Å². The summed E-state index contributed by atoms with van der Waals surface area (Å²) >= 11 is 5.92. The normalized spacial score (nSPS) is 10.0. The van der Waals surface area contributed by atoms with Crippen molar-refractivity contribution < 1.29 is 4.39 Å². The Kier molecular flexibility index (Phi) is 4.03. The zero-order valence-corrected chi connectivity index (χ0v) is 11.2. The molecule has 0 aliphatic carbocycles. The van der Waals surface area contributed by atoms with Crippen LogP contribution in [0.2, 0.25) is 5.02 Å². The average molecular weight is 275 g/mol. The summed E-state index contributed by atoms with van der Waals surface area (Å²) in [7, 11) is 1.80. The quantitative estimate of drug-likeness (QED) is 0.846. The molecule has 0 amide bonds. The second-order valence-corrected chi connectivity index (χ2v) is 4.70. The lowest BCUT2D eigenvalue weighted by molar-refractivity contribution is 0.622. The van der Waals surface area contributed by atoms with Crippen molar-refractivity contribution in [3.05, 3.63) is 64.4 Å². The average Bonchev–Trinajstić information content (AvgIpc) is 2.38. The predicted octanol–water partition coefficient (Wildman–Crippen LogP) is 3.99. The van der Waals surface area contributed by atoms with Gasteiger partial charge in [-0.05, 0) is 35.9 Å². The zero-order valence-electron chi connectivity index (χ0n) is 10.4. The molecule has 4 heteroatoms. The lowest BCUT2D eigenvalue weighted by Crippen LogP contribution is -2.17. The molecule has 96 valence electrons. The fourth-order valence-electron chi connectivity index (χ4n) is 1.88. The Morgan fingerprint density at radius 1 is 1.26 bits per heavy atom. The van der Waals surface area contributed by atoms with E-state index in [9.17, 15) is 4.39 Å². The Morgan fingerprint density at radius 2 is 2.05 bits per heavy atom. The van der Waals surface area contributed by atoms with E-state index in [-0.39, 0.29) is 0 Å². The van der Waals surface area contributed by atoms with Crippen LogP contribution in [0.5, 0.6) is 0 Å². The van der Waals surface area contributed by atoms with Crippen LogP contribution < -0.4 is 4.90 Å². The van der Waals surface area contributed by atoms with Gasteiger partial charge >= 0.3 is 0 Å². The van der Waals surface area contributed by atoms with Crippen molar-refractivity contribution in [2.75, 3.05) is 11.9 Å². The molecular formula is C15H12ClFN2. The molecule has 0 saturated heterocycles. The highest BCUT2D eigenvalue weighted by Gasteiger charge is 2.09. The fraction of sp³-hybridized carbons (Fsp3) is 0.133. The second-order valence-electron chi connectivity index (χ2n) is 4.26. The first kappa shape index (κ1) is 13.4. The third-order valence-electron chi connectivity index (χ3n) is 2.80. The summed E-state index contributed by atoms with van der Waals surface area (Å²) in [6, 6.07) is 13.8. The van der Waals surface area contributed by atoms with Crippen molar-refractivity contribution in [1.29, 1.82) is 5.26 Å².